The first-order chi connectivity index (χ1) is 15.7. The molecule has 1 fully saturated rings. The van der Waals surface area contributed by atoms with E-state index in [1.165, 1.54) is 5.56 Å². The van der Waals surface area contributed by atoms with Crippen LogP contribution in [0.3, 0.4) is 0 Å². The van der Waals surface area contributed by atoms with Crippen LogP contribution in [0.5, 0.6) is 5.75 Å². The molecule has 0 unspecified atom stereocenters. The molecule has 1 saturated heterocycles. The van der Waals surface area contributed by atoms with E-state index in [1.807, 2.05) is 54.6 Å². The average molecular weight is 428 g/mol. The third kappa shape index (κ3) is 6.79. The van der Waals surface area contributed by atoms with Crippen LogP contribution >= 0.6 is 0 Å². The van der Waals surface area contributed by atoms with Crippen LogP contribution in [0.4, 0.5) is 0 Å². The van der Waals surface area contributed by atoms with Gasteiger partial charge < -0.3 is 10.1 Å². The zero-order valence-electron chi connectivity index (χ0n) is 18.2. The molecular formula is C27H29N3O2. The minimum absolute atomic E-state index is 0.0398. The van der Waals surface area contributed by atoms with Gasteiger partial charge in [0.2, 0.25) is 5.91 Å². The number of rotatable bonds is 8. The zero-order valence-corrected chi connectivity index (χ0v) is 18.2. The van der Waals surface area contributed by atoms with Gasteiger partial charge in [0.15, 0.2) is 0 Å². The molecule has 1 aliphatic heterocycles. The van der Waals surface area contributed by atoms with E-state index in [9.17, 15) is 4.79 Å². The Balaban J connectivity index is 1.18. The molecule has 4 rings (SSSR count). The highest BCUT2D eigenvalue weighted by atomic mass is 16.5. The van der Waals surface area contributed by atoms with Crippen LogP contribution < -0.4 is 10.1 Å². The summed E-state index contributed by atoms with van der Waals surface area (Å²) >= 11 is 0. The highest BCUT2D eigenvalue weighted by Crippen LogP contribution is 2.16. The van der Waals surface area contributed by atoms with Crippen molar-refractivity contribution in [2.45, 2.75) is 32.0 Å². The first-order valence-corrected chi connectivity index (χ1v) is 11.1. The Labute approximate surface area is 189 Å². The van der Waals surface area contributed by atoms with Crippen LogP contribution in [0.15, 0.2) is 85.1 Å². The van der Waals surface area contributed by atoms with Gasteiger partial charge in [-0.1, -0.05) is 48.5 Å². The van der Waals surface area contributed by atoms with Crippen molar-refractivity contribution in [3.05, 3.63) is 102 Å². The van der Waals surface area contributed by atoms with E-state index in [0.29, 0.717) is 6.61 Å². The van der Waals surface area contributed by atoms with Crippen molar-refractivity contribution in [3.8, 4) is 5.75 Å². The second kappa shape index (κ2) is 11.3. The predicted molar refractivity (Wildman–Crippen MR) is 127 cm³/mol. The number of carbonyl (C=O) groups is 1. The lowest BCUT2D eigenvalue weighted by Crippen LogP contribution is -2.43. The summed E-state index contributed by atoms with van der Waals surface area (Å²) in [6.07, 6.45) is 7.16. The number of likely N-dealkylation sites (tertiary alicyclic amines) is 1. The van der Waals surface area contributed by atoms with Gasteiger partial charge in [-0.3, -0.25) is 14.7 Å². The van der Waals surface area contributed by atoms with Crippen LogP contribution in [-0.4, -0.2) is 34.9 Å². The number of nitrogens with zero attached hydrogens (tertiary/aromatic N) is 2. The fourth-order valence-electron chi connectivity index (χ4n) is 3.81. The Hall–Kier alpha value is -3.44. The lowest BCUT2D eigenvalue weighted by atomic mass is 10.0. The van der Waals surface area contributed by atoms with Gasteiger partial charge in [0, 0.05) is 37.9 Å². The average Bonchev–Trinajstić information content (AvgIpc) is 2.85. The number of hydrogen-bond donors (Lipinski definition) is 1. The first kappa shape index (κ1) is 21.8. The molecule has 0 atom stereocenters. The van der Waals surface area contributed by atoms with Gasteiger partial charge in [-0.2, -0.15) is 0 Å². The first-order valence-electron chi connectivity index (χ1n) is 11.1. The van der Waals surface area contributed by atoms with E-state index in [-0.39, 0.29) is 11.9 Å². The van der Waals surface area contributed by atoms with Crippen LogP contribution in [0.2, 0.25) is 0 Å². The number of nitrogens with one attached hydrogen (secondary N) is 1. The largest absolute Gasteiger partial charge is 0.487 e. The van der Waals surface area contributed by atoms with Crippen LogP contribution in [-0.2, 0) is 17.9 Å². The normalized spacial score (nSPS) is 15.0. The molecule has 3 aromatic rings. The summed E-state index contributed by atoms with van der Waals surface area (Å²) in [6, 6.07) is 24.2. The maximum atomic E-state index is 12.3. The molecule has 1 aromatic heterocycles. The highest BCUT2D eigenvalue weighted by molar-refractivity contribution is 5.91. The lowest BCUT2D eigenvalue weighted by molar-refractivity contribution is -0.117. The van der Waals surface area contributed by atoms with Gasteiger partial charge in [-0.15, -0.1) is 0 Å². The molecule has 32 heavy (non-hydrogen) atoms. The third-order valence-corrected chi connectivity index (χ3v) is 5.60. The molecule has 2 aromatic carbocycles. The molecular weight excluding hydrogens is 398 g/mol. The number of benzene rings is 2. The summed E-state index contributed by atoms with van der Waals surface area (Å²) in [5.74, 6) is 0.738. The van der Waals surface area contributed by atoms with Gasteiger partial charge in [-0.05, 0) is 54.3 Å². The topological polar surface area (TPSA) is 54.5 Å². The molecule has 1 N–H and O–H groups in total. The molecule has 2 heterocycles. The molecule has 0 bridgehead atoms. The zero-order chi connectivity index (χ0) is 22.0. The van der Waals surface area contributed by atoms with Gasteiger partial charge in [0.1, 0.15) is 12.4 Å². The van der Waals surface area contributed by atoms with Crippen molar-refractivity contribution in [1.82, 2.24) is 15.2 Å². The molecule has 0 aliphatic carbocycles. The summed E-state index contributed by atoms with van der Waals surface area (Å²) < 4.78 is 5.75. The Morgan fingerprint density at radius 3 is 2.47 bits per heavy atom. The van der Waals surface area contributed by atoms with Crippen molar-refractivity contribution >= 4 is 12.0 Å². The Morgan fingerprint density at radius 2 is 1.75 bits per heavy atom. The minimum atomic E-state index is -0.0398. The summed E-state index contributed by atoms with van der Waals surface area (Å²) in [4.78, 5) is 19.0. The molecule has 1 amide bonds. The summed E-state index contributed by atoms with van der Waals surface area (Å²) in [5.41, 5.74) is 3.19. The number of aromatic nitrogens is 1. The lowest BCUT2D eigenvalue weighted by Gasteiger charge is -2.32. The van der Waals surface area contributed by atoms with Crippen molar-refractivity contribution in [1.29, 1.82) is 0 Å². The van der Waals surface area contributed by atoms with Crippen LogP contribution in [0.25, 0.3) is 6.08 Å². The maximum absolute atomic E-state index is 12.3. The van der Waals surface area contributed by atoms with Crippen molar-refractivity contribution in [3.63, 3.8) is 0 Å². The van der Waals surface area contributed by atoms with E-state index >= 15 is 0 Å². The molecule has 5 nitrogen and oxygen atoms in total. The summed E-state index contributed by atoms with van der Waals surface area (Å²) in [6.45, 7) is 3.42. The standard InChI is InChI=1S/C27H29N3O2/c31-27(29-24-15-18-30(19-16-24)20-23-6-2-1-3-7-23)14-11-22-9-12-26(13-10-22)32-21-25-8-4-5-17-28-25/h1-14,17,24H,15-16,18-21H2,(H,29,31). The van der Waals surface area contributed by atoms with Gasteiger partial charge in [0.25, 0.3) is 0 Å². The number of carbonyl (C=O) groups excluding carboxylic acids is 1. The number of pyridine rings is 1. The molecule has 5 heteroatoms. The predicted octanol–water partition coefficient (Wildman–Crippen LogP) is 4.45. The minimum Gasteiger partial charge on any atom is -0.487 e. The van der Waals surface area contributed by atoms with Gasteiger partial charge in [-0.25, -0.2) is 0 Å². The molecule has 0 radical (unpaired) electrons. The SMILES string of the molecule is O=C(C=Cc1ccc(OCc2ccccn2)cc1)NC1CCN(Cc2ccccc2)CC1. The van der Waals surface area contributed by atoms with E-state index in [0.717, 1.165) is 49.5 Å². The Kier molecular flexibility index (Phi) is 7.66. The Morgan fingerprint density at radius 1 is 1.00 bits per heavy atom. The number of ether oxygens (including phenoxy) is 1. The van der Waals surface area contributed by atoms with Crippen LogP contribution in [0, 0.1) is 0 Å². The monoisotopic (exact) mass is 427 g/mol. The Bertz CT molecular complexity index is 996. The summed E-state index contributed by atoms with van der Waals surface area (Å²) in [5, 5.41) is 3.14. The quantitative estimate of drug-likeness (QED) is 0.540. The fraction of sp³-hybridized carbons (Fsp3) is 0.259. The van der Waals surface area contributed by atoms with E-state index in [1.54, 1.807) is 12.3 Å². The second-order valence-corrected chi connectivity index (χ2v) is 8.06. The highest BCUT2D eigenvalue weighted by Gasteiger charge is 2.19. The van der Waals surface area contributed by atoms with Crippen molar-refractivity contribution in [2.75, 3.05) is 13.1 Å². The molecule has 164 valence electrons. The van der Waals surface area contributed by atoms with Gasteiger partial charge >= 0.3 is 0 Å². The number of amides is 1. The molecule has 0 spiro atoms. The van der Waals surface area contributed by atoms with Crippen molar-refractivity contribution in [2.24, 2.45) is 0 Å². The number of hydrogen-bond acceptors (Lipinski definition) is 4. The van der Waals surface area contributed by atoms with E-state index < -0.39 is 0 Å². The molecule has 0 saturated carbocycles. The third-order valence-electron chi connectivity index (χ3n) is 5.60. The molecule has 1 aliphatic rings. The van der Waals surface area contributed by atoms with E-state index in [4.69, 9.17) is 4.74 Å². The summed E-state index contributed by atoms with van der Waals surface area (Å²) in [7, 11) is 0. The maximum Gasteiger partial charge on any atom is 0.244 e. The second-order valence-electron chi connectivity index (χ2n) is 8.06. The van der Waals surface area contributed by atoms with Crippen LogP contribution in [0.1, 0.15) is 29.7 Å². The van der Waals surface area contributed by atoms with Crippen molar-refractivity contribution < 1.29 is 9.53 Å². The van der Waals surface area contributed by atoms with E-state index in [2.05, 4.69) is 39.5 Å². The number of piperidine rings is 1. The smallest absolute Gasteiger partial charge is 0.244 e. The van der Waals surface area contributed by atoms with Gasteiger partial charge in [0.05, 0.1) is 5.69 Å². The fourth-order valence-corrected chi connectivity index (χ4v) is 3.81.